The van der Waals surface area contributed by atoms with E-state index in [0.717, 1.165) is 10.3 Å². The minimum absolute atomic E-state index is 0.516. The number of nitrogens with zero attached hydrogens (tertiary/aromatic N) is 2. The Kier molecular flexibility index (Phi) is 1.58. The summed E-state index contributed by atoms with van der Waals surface area (Å²) < 4.78 is 5.09. The van der Waals surface area contributed by atoms with E-state index in [2.05, 4.69) is 9.97 Å². The Morgan fingerprint density at radius 2 is 2.42 bits per heavy atom. The first-order chi connectivity index (χ1) is 5.81. The van der Waals surface area contributed by atoms with Crippen molar-refractivity contribution in [3.63, 3.8) is 0 Å². The van der Waals surface area contributed by atoms with Gasteiger partial charge in [-0.15, -0.1) is 0 Å². The Hall–Kier alpha value is -1.36. The molecule has 0 radical (unpaired) electrons. The second kappa shape index (κ2) is 2.60. The van der Waals surface area contributed by atoms with Crippen molar-refractivity contribution in [1.29, 1.82) is 0 Å². The summed E-state index contributed by atoms with van der Waals surface area (Å²) in [5.41, 5.74) is 6.26. The van der Waals surface area contributed by atoms with Gasteiger partial charge in [0.15, 0.2) is 5.13 Å². The lowest BCUT2D eigenvalue weighted by Crippen LogP contribution is -1.85. The summed E-state index contributed by atoms with van der Waals surface area (Å²) in [5, 5.41) is 0.516. The molecule has 2 aromatic rings. The average molecular weight is 181 g/mol. The number of methoxy groups -OCH3 is 1. The van der Waals surface area contributed by atoms with Crippen LogP contribution in [0.25, 0.3) is 10.3 Å². The summed E-state index contributed by atoms with van der Waals surface area (Å²) in [5.74, 6) is 0.716. The van der Waals surface area contributed by atoms with Crippen LogP contribution in [0.4, 0.5) is 5.13 Å². The van der Waals surface area contributed by atoms with Crippen LogP contribution in [0.15, 0.2) is 12.3 Å². The van der Waals surface area contributed by atoms with Crippen LogP contribution in [0, 0.1) is 0 Å². The number of anilines is 1. The zero-order valence-corrected chi connectivity index (χ0v) is 7.26. The molecule has 0 fully saturated rings. The summed E-state index contributed by atoms with van der Waals surface area (Å²) >= 11 is 1.36. The number of thiazole rings is 1. The molecule has 0 bridgehead atoms. The SMILES string of the molecule is COc1ccnc2sc(N)nc12. The third-order valence-corrected chi connectivity index (χ3v) is 2.29. The molecule has 62 valence electrons. The fourth-order valence-corrected chi connectivity index (χ4v) is 1.68. The quantitative estimate of drug-likeness (QED) is 0.720. The van der Waals surface area contributed by atoms with Crippen LogP contribution in [0.5, 0.6) is 5.75 Å². The standard InChI is InChI=1S/C7H7N3OS/c1-11-4-2-3-9-6-5(4)10-7(8)12-6/h2-3H,1H3,(H2,8,10). The molecule has 2 N–H and O–H groups in total. The number of rotatable bonds is 1. The molecule has 0 unspecified atom stereocenters. The number of ether oxygens (including phenoxy) is 1. The largest absolute Gasteiger partial charge is 0.494 e. The smallest absolute Gasteiger partial charge is 0.182 e. The lowest BCUT2D eigenvalue weighted by Gasteiger charge is -1.97. The lowest BCUT2D eigenvalue weighted by molar-refractivity contribution is 0.418. The highest BCUT2D eigenvalue weighted by molar-refractivity contribution is 7.21. The molecular weight excluding hydrogens is 174 g/mol. The van der Waals surface area contributed by atoms with Crippen molar-refractivity contribution in [3.05, 3.63) is 12.3 Å². The number of aromatic nitrogens is 2. The second-order valence-electron chi connectivity index (χ2n) is 2.22. The molecule has 2 aromatic heterocycles. The highest BCUT2D eigenvalue weighted by Gasteiger charge is 2.06. The highest BCUT2D eigenvalue weighted by Crippen LogP contribution is 2.28. The number of hydrogen-bond donors (Lipinski definition) is 1. The number of pyridine rings is 1. The molecule has 0 aliphatic heterocycles. The van der Waals surface area contributed by atoms with Crippen molar-refractivity contribution in [2.24, 2.45) is 0 Å². The van der Waals surface area contributed by atoms with Crippen molar-refractivity contribution < 1.29 is 4.74 Å². The first-order valence-corrected chi connectivity index (χ1v) is 4.18. The van der Waals surface area contributed by atoms with Crippen molar-refractivity contribution >= 4 is 26.8 Å². The third kappa shape index (κ3) is 0.984. The van der Waals surface area contributed by atoms with Crippen LogP contribution in [0.3, 0.4) is 0 Å². The topological polar surface area (TPSA) is 61.0 Å². The van der Waals surface area contributed by atoms with E-state index in [1.54, 1.807) is 19.4 Å². The van der Waals surface area contributed by atoms with Crippen LogP contribution in [-0.2, 0) is 0 Å². The molecular formula is C7H7N3OS. The van der Waals surface area contributed by atoms with E-state index < -0.39 is 0 Å². The van der Waals surface area contributed by atoms with E-state index in [4.69, 9.17) is 10.5 Å². The normalized spacial score (nSPS) is 10.4. The first kappa shape index (κ1) is 7.30. The maximum atomic E-state index is 5.53. The molecule has 0 amide bonds. The van der Waals surface area contributed by atoms with Gasteiger partial charge in [0.05, 0.1) is 7.11 Å². The number of hydrogen-bond acceptors (Lipinski definition) is 5. The summed E-state index contributed by atoms with van der Waals surface area (Å²) in [6.07, 6.45) is 1.68. The van der Waals surface area contributed by atoms with Crippen molar-refractivity contribution in [3.8, 4) is 5.75 Å². The van der Waals surface area contributed by atoms with Gasteiger partial charge in [-0.3, -0.25) is 0 Å². The number of nitrogens with two attached hydrogens (primary N) is 1. The number of nitrogen functional groups attached to an aromatic ring is 1. The van der Waals surface area contributed by atoms with E-state index in [1.165, 1.54) is 11.3 Å². The highest BCUT2D eigenvalue weighted by atomic mass is 32.1. The van der Waals surface area contributed by atoms with E-state index in [9.17, 15) is 0 Å². The van der Waals surface area contributed by atoms with Crippen LogP contribution in [-0.4, -0.2) is 17.1 Å². The predicted octanol–water partition coefficient (Wildman–Crippen LogP) is 1.28. The van der Waals surface area contributed by atoms with Gasteiger partial charge in [0.1, 0.15) is 16.1 Å². The Labute approximate surface area is 73.0 Å². The van der Waals surface area contributed by atoms with E-state index in [-0.39, 0.29) is 0 Å². The monoisotopic (exact) mass is 181 g/mol. The van der Waals surface area contributed by atoms with Gasteiger partial charge >= 0.3 is 0 Å². The van der Waals surface area contributed by atoms with Crippen LogP contribution in [0.2, 0.25) is 0 Å². The molecule has 0 aliphatic rings. The molecule has 2 rings (SSSR count). The summed E-state index contributed by atoms with van der Waals surface area (Å²) in [6, 6.07) is 1.77. The molecule has 0 aromatic carbocycles. The van der Waals surface area contributed by atoms with Gasteiger partial charge in [-0.25, -0.2) is 9.97 Å². The summed E-state index contributed by atoms with van der Waals surface area (Å²) in [4.78, 5) is 9.01. The second-order valence-corrected chi connectivity index (χ2v) is 3.23. The fourth-order valence-electron chi connectivity index (χ4n) is 0.993. The van der Waals surface area contributed by atoms with Gasteiger partial charge in [0.2, 0.25) is 0 Å². The molecule has 0 aliphatic carbocycles. The van der Waals surface area contributed by atoms with E-state index >= 15 is 0 Å². The molecule has 5 heteroatoms. The van der Waals surface area contributed by atoms with Gasteiger partial charge in [0, 0.05) is 12.3 Å². The zero-order chi connectivity index (χ0) is 8.55. The minimum atomic E-state index is 0.516. The maximum Gasteiger partial charge on any atom is 0.182 e. The van der Waals surface area contributed by atoms with Gasteiger partial charge < -0.3 is 10.5 Å². The molecule has 4 nitrogen and oxygen atoms in total. The van der Waals surface area contributed by atoms with Crippen LogP contribution >= 0.6 is 11.3 Å². The number of fused-ring (bicyclic) bond motifs is 1. The first-order valence-electron chi connectivity index (χ1n) is 3.36. The molecule has 12 heavy (non-hydrogen) atoms. The van der Waals surface area contributed by atoms with E-state index in [1.807, 2.05) is 0 Å². The van der Waals surface area contributed by atoms with Crippen molar-refractivity contribution in [2.75, 3.05) is 12.8 Å². The average Bonchev–Trinajstić information content (AvgIpc) is 2.44. The molecule has 0 atom stereocenters. The maximum absolute atomic E-state index is 5.53. The third-order valence-electron chi connectivity index (χ3n) is 1.50. The van der Waals surface area contributed by atoms with E-state index in [0.29, 0.717) is 10.9 Å². The Balaban J connectivity index is 2.78. The molecule has 2 heterocycles. The van der Waals surface area contributed by atoms with Gasteiger partial charge in [-0.1, -0.05) is 11.3 Å². The summed E-state index contributed by atoms with van der Waals surface area (Å²) in [6.45, 7) is 0. The van der Waals surface area contributed by atoms with Gasteiger partial charge in [0.25, 0.3) is 0 Å². The predicted molar refractivity (Wildman–Crippen MR) is 48.4 cm³/mol. The Morgan fingerprint density at radius 1 is 1.58 bits per heavy atom. The van der Waals surface area contributed by atoms with Crippen molar-refractivity contribution in [2.45, 2.75) is 0 Å². The lowest BCUT2D eigenvalue weighted by atomic mass is 10.4. The molecule has 0 saturated carbocycles. The van der Waals surface area contributed by atoms with Gasteiger partial charge in [-0.05, 0) is 0 Å². The molecule has 0 saturated heterocycles. The zero-order valence-electron chi connectivity index (χ0n) is 6.44. The van der Waals surface area contributed by atoms with Crippen LogP contribution in [0.1, 0.15) is 0 Å². The summed E-state index contributed by atoms with van der Waals surface area (Å²) in [7, 11) is 1.60. The van der Waals surface area contributed by atoms with Crippen molar-refractivity contribution in [1.82, 2.24) is 9.97 Å². The molecule has 0 spiro atoms. The Bertz CT molecular complexity index is 412. The Morgan fingerprint density at radius 3 is 3.17 bits per heavy atom. The van der Waals surface area contributed by atoms with Gasteiger partial charge in [-0.2, -0.15) is 0 Å². The fraction of sp³-hybridized carbons (Fsp3) is 0.143. The van der Waals surface area contributed by atoms with Crippen LogP contribution < -0.4 is 10.5 Å². The minimum Gasteiger partial charge on any atom is -0.494 e.